The molecule has 1 aromatic carbocycles. The summed E-state index contributed by atoms with van der Waals surface area (Å²) in [5, 5.41) is 5.90. The van der Waals surface area contributed by atoms with Crippen molar-refractivity contribution in [2.45, 2.75) is 39.5 Å². The van der Waals surface area contributed by atoms with Crippen LogP contribution in [0.3, 0.4) is 0 Å². The molecule has 1 aromatic rings. The smallest absolute Gasteiger partial charge is 0.226 e. The minimum atomic E-state index is -0.0705. The van der Waals surface area contributed by atoms with Crippen molar-refractivity contribution in [2.75, 3.05) is 17.3 Å². The van der Waals surface area contributed by atoms with Crippen molar-refractivity contribution in [1.82, 2.24) is 5.32 Å². The molecule has 6 heteroatoms. The molecule has 0 fully saturated rings. The Morgan fingerprint density at radius 3 is 2.36 bits per heavy atom. The van der Waals surface area contributed by atoms with Gasteiger partial charge in [-0.3, -0.25) is 9.59 Å². The third-order valence-electron chi connectivity index (χ3n) is 3.25. The number of nitrogens with one attached hydrogen (secondary N) is 2. The fourth-order valence-electron chi connectivity index (χ4n) is 1.84. The topological polar surface area (TPSA) is 61.4 Å². The summed E-state index contributed by atoms with van der Waals surface area (Å²) < 4.78 is 0. The maximum Gasteiger partial charge on any atom is 0.226 e. The van der Waals surface area contributed by atoms with Gasteiger partial charge in [0.1, 0.15) is 0 Å². The quantitative estimate of drug-likeness (QED) is 0.624. The Hall–Kier alpha value is -1.95. The van der Waals surface area contributed by atoms with Crippen molar-refractivity contribution in [3.8, 4) is 0 Å². The van der Waals surface area contributed by atoms with Crippen LogP contribution in [0.15, 0.2) is 24.3 Å². The van der Waals surface area contributed by atoms with E-state index in [-0.39, 0.29) is 16.9 Å². The number of rotatable bonds is 6. The van der Waals surface area contributed by atoms with E-state index in [1.165, 1.54) is 6.92 Å². The van der Waals surface area contributed by atoms with E-state index in [1.807, 2.05) is 24.3 Å². The molecule has 22 heavy (non-hydrogen) atoms. The number of amides is 2. The molecule has 0 atom stereocenters. The first kappa shape index (κ1) is 18.1. The van der Waals surface area contributed by atoms with Gasteiger partial charge in [-0.2, -0.15) is 0 Å². The minimum Gasteiger partial charge on any atom is -0.332 e. The molecule has 1 rings (SSSR count). The molecular weight excluding hydrogens is 298 g/mol. The van der Waals surface area contributed by atoms with Crippen LogP contribution in [-0.2, 0) is 9.59 Å². The van der Waals surface area contributed by atoms with E-state index < -0.39 is 0 Å². The predicted molar refractivity (Wildman–Crippen MR) is 94.0 cm³/mol. The van der Waals surface area contributed by atoms with Gasteiger partial charge in [-0.05, 0) is 42.9 Å². The first-order valence-electron chi connectivity index (χ1n) is 7.39. The standard InChI is InChI=1S/C16H23N3O2S/c1-4-5-6-7-15(21)18-16(22)17-13-8-10-14(11-9-13)19(3)12(2)20/h8-11H,4-7H2,1-3H3,(H2,17,18,21,22). The number of nitrogens with zero attached hydrogens (tertiary/aromatic N) is 1. The zero-order chi connectivity index (χ0) is 16.5. The van der Waals surface area contributed by atoms with Gasteiger partial charge in [0.25, 0.3) is 0 Å². The summed E-state index contributed by atoms with van der Waals surface area (Å²) in [7, 11) is 1.71. The van der Waals surface area contributed by atoms with Crippen LogP contribution in [0.25, 0.3) is 0 Å². The predicted octanol–water partition coefficient (Wildman–Crippen LogP) is 3.06. The largest absolute Gasteiger partial charge is 0.332 e. The Kier molecular flexibility index (Phi) is 7.52. The number of hydrogen-bond donors (Lipinski definition) is 2. The van der Waals surface area contributed by atoms with Gasteiger partial charge in [0, 0.05) is 31.8 Å². The van der Waals surface area contributed by atoms with Gasteiger partial charge < -0.3 is 15.5 Å². The van der Waals surface area contributed by atoms with Crippen LogP contribution in [-0.4, -0.2) is 24.0 Å². The van der Waals surface area contributed by atoms with Gasteiger partial charge >= 0.3 is 0 Å². The number of carbonyl (C=O) groups is 2. The fraction of sp³-hybridized carbons (Fsp3) is 0.438. The lowest BCUT2D eigenvalue weighted by atomic mass is 10.2. The molecule has 0 radical (unpaired) electrons. The van der Waals surface area contributed by atoms with Gasteiger partial charge in [0.05, 0.1) is 0 Å². The molecule has 0 aromatic heterocycles. The highest BCUT2D eigenvalue weighted by atomic mass is 32.1. The van der Waals surface area contributed by atoms with Gasteiger partial charge in [-0.15, -0.1) is 0 Å². The molecule has 0 aliphatic heterocycles. The Labute approximate surface area is 137 Å². The van der Waals surface area contributed by atoms with E-state index in [9.17, 15) is 9.59 Å². The Balaban J connectivity index is 2.48. The highest BCUT2D eigenvalue weighted by molar-refractivity contribution is 7.80. The van der Waals surface area contributed by atoms with Crippen molar-refractivity contribution in [3.05, 3.63) is 24.3 Å². The zero-order valence-electron chi connectivity index (χ0n) is 13.3. The summed E-state index contributed by atoms with van der Waals surface area (Å²) >= 11 is 5.11. The molecule has 5 nitrogen and oxygen atoms in total. The number of anilines is 2. The van der Waals surface area contributed by atoms with E-state index in [2.05, 4.69) is 17.6 Å². The first-order valence-corrected chi connectivity index (χ1v) is 7.80. The third kappa shape index (κ3) is 6.22. The lowest BCUT2D eigenvalue weighted by Gasteiger charge is -2.16. The van der Waals surface area contributed by atoms with Crippen LogP contribution in [0.2, 0.25) is 0 Å². The normalized spacial score (nSPS) is 9.95. The maximum absolute atomic E-state index is 11.7. The molecule has 0 spiro atoms. The number of hydrogen-bond acceptors (Lipinski definition) is 3. The van der Waals surface area contributed by atoms with Crippen LogP contribution in [0.5, 0.6) is 0 Å². The second-order valence-corrected chi connectivity index (χ2v) is 5.49. The van der Waals surface area contributed by atoms with Crippen molar-refractivity contribution >= 4 is 40.5 Å². The maximum atomic E-state index is 11.7. The highest BCUT2D eigenvalue weighted by Gasteiger charge is 2.07. The summed E-state index contributed by atoms with van der Waals surface area (Å²) in [4.78, 5) is 24.5. The summed E-state index contributed by atoms with van der Waals surface area (Å²) in [5.74, 6) is -0.102. The number of thiocarbonyl (C=S) groups is 1. The van der Waals surface area contributed by atoms with Crippen LogP contribution in [0.4, 0.5) is 11.4 Å². The molecule has 2 N–H and O–H groups in total. The lowest BCUT2D eigenvalue weighted by molar-refractivity contribution is -0.119. The zero-order valence-corrected chi connectivity index (χ0v) is 14.1. The summed E-state index contributed by atoms with van der Waals surface area (Å²) in [5.41, 5.74) is 1.56. The number of benzene rings is 1. The van der Waals surface area contributed by atoms with E-state index in [0.717, 1.165) is 30.6 Å². The third-order valence-corrected chi connectivity index (χ3v) is 3.45. The monoisotopic (exact) mass is 321 g/mol. The molecule has 0 aliphatic carbocycles. The van der Waals surface area contributed by atoms with Crippen molar-refractivity contribution in [1.29, 1.82) is 0 Å². The van der Waals surface area contributed by atoms with E-state index >= 15 is 0 Å². The van der Waals surface area contributed by atoms with Gasteiger partial charge in [-0.25, -0.2) is 0 Å². The van der Waals surface area contributed by atoms with E-state index in [1.54, 1.807) is 11.9 Å². The summed E-state index contributed by atoms with van der Waals surface area (Å²) in [6.07, 6.45) is 3.48. The Morgan fingerprint density at radius 2 is 1.82 bits per heavy atom. The highest BCUT2D eigenvalue weighted by Crippen LogP contribution is 2.16. The fourth-order valence-corrected chi connectivity index (χ4v) is 2.07. The van der Waals surface area contributed by atoms with Crippen LogP contribution < -0.4 is 15.5 Å². The molecule has 0 saturated heterocycles. The summed E-state index contributed by atoms with van der Waals surface area (Å²) in [6, 6.07) is 7.25. The Morgan fingerprint density at radius 1 is 1.18 bits per heavy atom. The number of unbranched alkanes of at least 4 members (excludes halogenated alkanes) is 2. The van der Waals surface area contributed by atoms with Crippen molar-refractivity contribution < 1.29 is 9.59 Å². The average Bonchev–Trinajstić information content (AvgIpc) is 2.47. The molecule has 0 aliphatic rings. The molecule has 0 unspecified atom stereocenters. The molecule has 2 amide bonds. The molecule has 0 heterocycles. The molecular formula is C16H23N3O2S. The van der Waals surface area contributed by atoms with E-state index in [0.29, 0.717) is 6.42 Å². The second kappa shape index (κ2) is 9.15. The first-order chi connectivity index (χ1) is 10.4. The van der Waals surface area contributed by atoms with Crippen LogP contribution in [0, 0.1) is 0 Å². The lowest BCUT2D eigenvalue weighted by Crippen LogP contribution is -2.33. The number of carbonyl (C=O) groups excluding carboxylic acids is 2. The van der Waals surface area contributed by atoms with Gasteiger partial charge in [0.15, 0.2) is 5.11 Å². The Bertz CT molecular complexity index is 529. The second-order valence-electron chi connectivity index (χ2n) is 5.08. The van der Waals surface area contributed by atoms with Crippen molar-refractivity contribution in [3.63, 3.8) is 0 Å². The van der Waals surface area contributed by atoms with Crippen molar-refractivity contribution in [2.24, 2.45) is 0 Å². The van der Waals surface area contributed by atoms with Crippen LogP contribution in [0.1, 0.15) is 39.5 Å². The molecule has 0 saturated carbocycles. The SMILES string of the molecule is CCCCCC(=O)NC(=S)Nc1ccc(N(C)C(C)=O)cc1. The summed E-state index contributed by atoms with van der Waals surface area (Å²) in [6.45, 7) is 3.60. The van der Waals surface area contributed by atoms with Gasteiger partial charge in [0.2, 0.25) is 11.8 Å². The average molecular weight is 321 g/mol. The van der Waals surface area contributed by atoms with Crippen LogP contribution >= 0.6 is 12.2 Å². The minimum absolute atomic E-state index is 0.0319. The van der Waals surface area contributed by atoms with Gasteiger partial charge in [-0.1, -0.05) is 19.8 Å². The molecule has 120 valence electrons. The van der Waals surface area contributed by atoms with E-state index in [4.69, 9.17) is 12.2 Å². The molecule has 0 bridgehead atoms.